The van der Waals surface area contributed by atoms with E-state index in [2.05, 4.69) is 15.6 Å². The Morgan fingerprint density at radius 2 is 2.04 bits per heavy atom. The first kappa shape index (κ1) is 17.0. The minimum atomic E-state index is -0.485. The molecule has 1 amide bonds. The topological polar surface area (TPSA) is 53.2 Å². The molecule has 0 aromatic heterocycles. The molecule has 1 atom stereocenters. The standard InChI is InChI=1S/C18H20FN3OS/c1-12-9-14(13-5-3-2-4-6-13)10-16(17(12)19)18(23)21-22-24-15-7-8-20-11-15/h2-6,9-10,15,20,22H,7-8,11H2,1H3,(H,21,23). The van der Waals surface area contributed by atoms with Crippen LogP contribution < -0.4 is 15.6 Å². The molecule has 1 aliphatic heterocycles. The van der Waals surface area contributed by atoms with Crippen LogP contribution in [0, 0.1) is 12.7 Å². The minimum Gasteiger partial charge on any atom is -0.316 e. The maximum Gasteiger partial charge on any atom is 0.269 e. The van der Waals surface area contributed by atoms with E-state index in [-0.39, 0.29) is 5.56 Å². The zero-order chi connectivity index (χ0) is 16.9. The van der Waals surface area contributed by atoms with Gasteiger partial charge in [0, 0.05) is 11.8 Å². The number of carbonyl (C=O) groups is 1. The lowest BCUT2D eigenvalue weighted by atomic mass is 9.99. The summed E-state index contributed by atoms with van der Waals surface area (Å²) in [5.41, 5.74) is 4.86. The molecular formula is C18H20FN3OS. The van der Waals surface area contributed by atoms with Gasteiger partial charge in [0.1, 0.15) is 5.82 Å². The second-order valence-electron chi connectivity index (χ2n) is 5.81. The molecule has 1 saturated heterocycles. The van der Waals surface area contributed by atoms with Crippen LogP contribution in [0.3, 0.4) is 0 Å². The molecule has 0 aliphatic carbocycles. The molecule has 6 heteroatoms. The zero-order valence-corrected chi connectivity index (χ0v) is 14.3. The third-order valence-electron chi connectivity index (χ3n) is 4.01. The van der Waals surface area contributed by atoms with E-state index in [0.29, 0.717) is 10.8 Å². The Bertz CT molecular complexity index is 718. The molecule has 24 heavy (non-hydrogen) atoms. The fraction of sp³-hybridized carbons (Fsp3) is 0.278. The van der Waals surface area contributed by atoms with Gasteiger partial charge in [-0.05, 0) is 48.7 Å². The van der Waals surface area contributed by atoms with E-state index >= 15 is 0 Å². The summed E-state index contributed by atoms with van der Waals surface area (Å²) >= 11 is 1.45. The molecule has 3 N–H and O–H groups in total. The number of benzene rings is 2. The van der Waals surface area contributed by atoms with Gasteiger partial charge in [-0.3, -0.25) is 10.2 Å². The average Bonchev–Trinajstić information content (AvgIpc) is 3.11. The normalized spacial score (nSPS) is 17.0. The highest BCUT2D eigenvalue weighted by atomic mass is 32.2. The van der Waals surface area contributed by atoms with Crippen LogP contribution in [0.1, 0.15) is 22.3 Å². The molecule has 2 aromatic carbocycles. The smallest absolute Gasteiger partial charge is 0.269 e. The van der Waals surface area contributed by atoms with E-state index in [1.54, 1.807) is 19.1 Å². The zero-order valence-electron chi connectivity index (χ0n) is 13.4. The summed E-state index contributed by atoms with van der Waals surface area (Å²) in [5, 5.41) is 3.66. The van der Waals surface area contributed by atoms with Gasteiger partial charge < -0.3 is 5.32 Å². The Labute approximate surface area is 145 Å². The Hall–Kier alpha value is -1.89. The summed E-state index contributed by atoms with van der Waals surface area (Å²) in [4.78, 5) is 15.2. The molecule has 1 fully saturated rings. The summed E-state index contributed by atoms with van der Waals surface area (Å²) < 4.78 is 14.4. The van der Waals surface area contributed by atoms with Crippen LogP contribution in [-0.4, -0.2) is 24.2 Å². The average molecular weight is 345 g/mol. The van der Waals surface area contributed by atoms with Crippen molar-refractivity contribution in [3.05, 3.63) is 59.4 Å². The van der Waals surface area contributed by atoms with Crippen LogP contribution in [0.4, 0.5) is 4.39 Å². The summed E-state index contributed by atoms with van der Waals surface area (Å²) in [6.45, 7) is 3.57. The summed E-state index contributed by atoms with van der Waals surface area (Å²) in [5.74, 6) is -0.951. The van der Waals surface area contributed by atoms with Crippen molar-refractivity contribution in [3.63, 3.8) is 0 Å². The fourth-order valence-electron chi connectivity index (χ4n) is 2.69. The highest BCUT2D eigenvalue weighted by Crippen LogP contribution is 2.24. The first-order valence-electron chi connectivity index (χ1n) is 7.92. The fourth-order valence-corrected chi connectivity index (χ4v) is 3.44. The number of halogens is 1. The lowest BCUT2D eigenvalue weighted by Gasteiger charge is -2.13. The summed E-state index contributed by atoms with van der Waals surface area (Å²) in [6, 6.07) is 13.0. The molecule has 3 rings (SSSR count). The van der Waals surface area contributed by atoms with Crippen molar-refractivity contribution in [2.24, 2.45) is 0 Å². The lowest BCUT2D eigenvalue weighted by molar-refractivity contribution is 0.0943. The van der Waals surface area contributed by atoms with Crippen molar-refractivity contribution in [2.75, 3.05) is 13.1 Å². The predicted octanol–water partition coefficient (Wildman–Crippen LogP) is 3.05. The highest BCUT2D eigenvalue weighted by molar-refractivity contribution is 7.98. The van der Waals surface area contributed by atoms with Crippen molar-refractivity contribution >= 4 is 17.9 Å². The van der Waals surface area contributed by atoms with Gasteiger partial charge in [-0.1, -0.05) is 42.3 Å². The number of carbonyl (C=O) groups excluding carboxylic acids is 1. The third-order valence-corrected chi connectivity index (χ3v) is 4.97. The van der Waals surface area contributed by atoms with Gasteiger partial charge in [-0.2, -0.15) is 4.83 Å². The van der Waals surface area contributed by atoms with Gasteiger partial charge in [-0.25, -0.2) is 4.39 Å². The van der Waals surface area contributed by atoms with Gasteiger partial charge in [0.15, 0.2) is 0 Å². The molecule has 0 bridgehead atoms. The Kier molecular flexibility index (Phi) is 5.50. The molecule has 0 saturated carbocycles. The van der Waals surface area contributed by atoms with Gasteiger partial charge >= 0.3 is 0 Å². The maximum atomic E-state index is 14.4. The molecule has 1 aliphatic rings. The van der Waals surface area contributed by atoms with Crippen LogP contribution in [0.15, 0.2) is 42.5 Å². The van der Waals surface area contributed by atoms with Gasteiger partial charge in [0.25, 0.3) is 5.91 Å². The Morgan fingerprint density at radius 1 is 1.25 bits per heavy atom. The number of hydrogen-bond donors (Lipinski definition) is 3. The largest absolute Gasteiger partial charge is 0.316 e. The van der Waals surface area contributed by atoms with E-state index in [1.165, 1.54) is 11.9 Å². The van der Waals surface area contributed by atoms with E-state index in [1.807, 2.05) is 30.3 Å². The van der Waals surface area contributed by atoms with Gasteiger partial charge in [-0.15, -0.1) is 0 Å². The first-order valence-corrected chi connectivity index (χ1v) is 8.80. The maximum absolute atomic E-state index is 14.4. The van der Waals surface area contributed by atoms with Crippen molar-refractivity contribution < 1.29 is 9.18 Å². The first-order chi connectivity index (χ1) is 11.6. The van der Waals surface area contributed by atoms with E-state index in [4.69, 9.17) is 0 Å². The Balaban J connectivity index is 1.73. The SMILES string of the molecule is Cc1cc(-c2ccccc2)cc(C(=O)NNSC2CCNC2)c1F. The molecule has 0 radical (unpaired) electrons. The van der Waals surface area contributed by atoms with Gasteiger partial charge in [0.05, 0.1) is 5.56 Å². The number of nitrogens with one attached hydrogen (secondary N) is 3. The second kappa shape index (κ2) is 7.79. The lowest BCUT2D eigenvalue weighted by Crippen LogP contribution is -2.35. The molecule has 126 valence electrons. The number of aryl methyl sites for hydroxylation is 1. The van der Waals surface area contributed by atoms with Crippen LogP contribution in [0.5, 0.6) is 0 Å². The number of amides is 1. The van der Waals surface area contributed by atoms with E-state index < -0.39 is 11.7 Å². The monoisotopic (exact) mass is 345 g/mol. The van der Waals surface area contributed by atoms with Crippen molar-refractivity contribution in [1.29, 1.82) is 0 Å². The van der Waals surface area contributed by atoms with Crippen molar-refractivity contribution in [1.82, 2.24) is 15.6 Å². The van der Waals surface area contributed by atoms with Crippen LogP contribution >= 0.6 is 11.9 Å². The summed E-state index contributed by atoms with van der Waals surface area (Å²) in [6.07, 6.45) is 1.05. The number of rotatable bonds is 5. The molecule has 1 heterocycles. The molecule has 2 aromatic rings. The number of hydrogen-bond acceptors (Lipinski definition) is 4. The van der Waals surface area contributed by atoms with E-state index in [0.717, 1.165) is 30.6 Å². The summed E-state index contributed by atoms with van der Waals surface area (Å²) in [7, 11) is 0. The molecule has 1 unspecified atom stereocenters. The molecule has 0 spiro atoms. The van der Waals surface area contributed by atoms with Crippen LogP contribution in [0.2, 0.25) is 0 Å². The molecular weight excluding hydrogens is 325 g/mol. The highest BCUT2D eigenvalue weighted by Gasteiger charge is 2.18. The minimum absolute atomic E-state index is 0.0477. The Morgan fingerprint density at radius 3 is 2.75 bits per heavy atom. The second-order valence-corrected chi connectivity index (χ2v) is 6.92. The van der Waals surface area contributed by atoms with Crippen LogP contribution in [-0.2, 0) is 0 Å². The van der Waals surface area contributed by atoms with Gasteiger partial charge in [0.2, 0.25) is 0 Å². The van der Waals surface area contributed by atoms with Crippen molar-refractivity contribution in [2.45, 2.75) is 18.6 Å². The molecule has 4 nitrogen and oxygen atoms in total. The van der Waals surface area contributed by atoms with Crippen LogP contribution in [0.25, 0.3) is 11.1 Å². The predicted molar refractivity (Wildman–Crippen MR) is 96.0 cm³/mol. The van der Waals surface area contributed by atoms with Crippen molar-refractivity contribution in [3.8, 4) is 11.1 Å². The van der Waals surface area contributed by atoms with E-state index in [9.17, 15) is 9.18 Å². The number of hydrazine groups is 1. The quantitative estimate of drug-likeness (QED) is 0.576. The third kappa shape index (κ3) is 3.95.